The second-order valence-corrected chi connectivity index (χ2v) is 6.99. The number of carbonyl (C=O) groups excluding carboxylic acids is 2. The molecule has 3 rings (SSSR count). The zero-order valence-corrected chi connectivity index (χ0v) is 16.0. The number of halogens is 2. The van der Waals surface area contributed by atoms with Crippen molar-refractivity contribution < 1.29 is 23.6 Å². The van der Waals surface area contributed by atoms with Gasteiger partial charge in [0.25, 0.3) is 11.8 Å². The summed E-state index contributed by atoms with van der Waals surface area (Å²) in [6, 6.07) is 12.8. The van der Waals surface area contributed by atoms with Crippen LogP contribution in [0.1, 0.15) is 0 Å². The van der Waals surface area contributed by atoms with Crippen LogP contribution < -0.4 is 15.0 Å². The van der Waals surface area contributed by atoms with E-state index in [1.165, 1.54) is 18.2 Å². The van der Waals surface area contributed by atoms with Crippen molar-refractivity contribution in [2.75, 3.05) is 44.6 Å². The predicted octanol–water partition coefficient (Wildman–Crippen LogP) is 1.22. The number of ether oxygens (including phenoxy) is 1. The van der Waals surface area contributed by atoms with Gasteiger partial charge in [0.15, 0.2) is 13.2 Å². The van der Waals surface area contributed by atoms with Gasteiger partial charge < -0.3 is 19.9 Å². The minimum atomic E-state index is -0.405. The van der Waals surface area contributed by atoms with E-state index in [0.29, 0.717) is 49.2 Å². The highest BCUT2D eigenvalue weighted by molar-refractivity contribution is 6.33. The molecule has 1 heterocycles. The molecule has 0 aromatic heterocycles. The second kappa shape index (κ2) is 9.52. The van der Waals surface area contributed by atoms with Gasteiger partial charge in [0, 0.05) is 6.07 Å². The van der Waals surface area contributed by atoms with Crippen LogP contribution in [-0.4, -0.2) is 56.0 Å². The number of benzene rings is 2. The van der Waals surface area contributed by atoms with E-state index < -0.39 is 5.82 Å². The molecule has 0 unspecified atom stereocenters. The molecule has 6 nitrogen and oxygen atoms in total. The Hall–Kier alpha value is -2.64. The van der Waals surface area contributed by atoms with Gasteiger partial charge in [-0.1, -0.05) is 29.8 Å². The Kier molecular flexibility index (Phi) is 6.84. The summed E-state index contributed by atoms with van der Waals surface area (Å²) < 4.78 is 18.5. The van der Waals surface area contributed by atoms with Crippen LogP contribution >= 0.6 is 11.6 Å². The summed E-state index contributed by atoms with van der Waals surface area (Å²) in [5, 5.41) is 3.31. The summed E-state index contributed by atoms with van der Waals surface area (Å²) in [6.45, 7) is 2.60. The predicted molar refractivity (Wildman–Crippen MR) is 104 cm³/mol. The summed E-state index contributed by atoms with van der Waals surface area (Å²) in [6.07, 6.45) is 0. The number of amides is 2. The molecule has 1 aliphatic rings. The Bertz CT molecular complexity index is 841. The molecule has 1 aliphatic heterocycles. The molecule has 0 bridgehead atoms. The number of anilines is 1. The first-order valence-electron chi connectivity index (χ1n) is 9.05. The summed E-state index contributed by atoms with van der Waals surface area (Å²) in [4.78, 5) is 27.3. The maximum Gasteiger partial charge on any atom is 0.279 e. The van der Waals surface area contributed by atoms with Crippen molar-refractivity contribution in [3.63, 3.8) is 0 Å². The number of nitrogens with one attached hydrogen (secondary N) is 2. The molecule has 2 aromatic rings. The van der Waals surface area contributed by atoms with E-state index in [4.69, 9.17) is 16.3 Å². The highest BCUT2D eigenvalue weighted by atomic mass is 35.5. The van der Waals surface area contributed by atoms with E-state index in [9.17, 15) is 14.0 Å². The number of nitrogens with zero attached hydrogens (tertiary/aromatic N) is 1. The van der Waals surface area contributed by atoms with Gasteiger partial charge in [-0.2, -0.15) is 0 Å². The third kappa shape index (κ3) is 5.68. The summed E-state index contributed by atoms with van der Waals surface area (Å²) >= 11 is 6.05. The van der Waals surface area contributed by atoms with Crippen molar-refractivity contribution in [2.24, 2.45) is 0 Å². The lowest BCUT2D eigenvalue weighted by Crippen LogP contribution is -3.15. The van der Waals surface area contributed by atoms with Gasteiger partial charge in [-0.3, -0.25) is 9.59 Å². The number of quaternary nitrogens is 1. The molecular weight excluding hydrogens is 385 g/mol. The van der Waals surface area contributed by atoms with Crippen molar-refractivity contribution in [1.82, 2.24) is 4.90 Å². The van der Waals surface area contributed by atoms with Gasteiger partial charge >= 0.3 is 0 Å². The number of para-hydroxylation sites is 1. The SMILES string of the molecule is O=C(C[NH+]1CCN(C(=O)COc2cccc(F)c2)CC1)Nc1ccccc1Cl. The van der Waals surface area contributed by atoms with Crippen LogP contribution in [0.4, 0.5) is 10.1 Å². The average Bonchev–Trinajstić information content (AvgIpc) is 2.68. The van der Waals surface area contributed by atoms with Gasteiger partial charge in [-0.25, -0.2) is 4.39 Å². The topological polar surface area (TPSA) is 63.1 Å². The molecule has 1 saturated heterocycles. The van der Waals surface area contributed by atoms with Gasteiger partial charge in [-0.15, -0.1) is 0 Å². The van der Waals surface area contributed by atoms with Gasteiger partial charge in [0.2, 0.25) is 0 Å². The van der Waals surface area contributed by atoms with E-state index >= 15 is 0 Å². The van der Waals surface area contributed by atoms with Crippen LogP contribution in [-0.2, 0) is 9.59 Å². The summed E-state index contributed by atoms with van der Waals surface area (Å²) in [5.41, 5.74) is 0.594. The van der Waals surface area contributed by atoms with Gasteiger partial charge in [0.05, 0.1) is 36.9 Å². The summed E-state index contributed by atoms with van der Waals surface area (Å²) in [5.74, 6) is -0.341. The number of hydrogen-bond acceptors (Lipinski definition) is 3. The normalized spacial score (nSPS) is 14.6. The lowest BCUT2D eigenvalue weighted by Gasteiger charge is -2.31. The van der Waals surface area contributed by atoms with Crippen molar-refractivity contribution >= 4 is 29.1 Å². The van der Waals surface area contributed by atoms with E-state index in [1.54, 1.807) is 29.2 Å². The maximum absolute atomic E-state index is 13.1. The quantitative estimate of drug-likeness (QED) is 0.758. The van der Waals surface area contributed by atoms with Crippen molar-refractivity contribution in [2.45, 2.75) is 0 Å². The first-order chi connectivity index (χ1) is 13.5. The highest BCUT2D eigenvalue weighted by Gasteiger charge is 2.25. The molecule has 8 heteroatoms. The Morgan fingerprint density at radius 3 is 2.61 bits per heavy atom. The number of rotatable bonds is 6. The molecule has 0 aliphatic carbocycles. The fraction of sp³-hybridized carbons (Fsp3) is 0.300. The van der Waals surface area contributed by atoms with Crippen LogP contribution in [0.3, 0.4) is 0 Å². The lowest BCUT2D eigenvalue weighted by atomic mass is 10.3. The number of carbonyl (C=O) groups is 2. The monoisotopic (exact) mass is 406 g/mol. The Morgan fingerprint density at radius 1 is 1.14 bits per heavy atom. The molecule has 0 atom stereocenters. The second-order valence-electron chi connectivity index (χ2n) is 6.58. The molecule has 1 fully saturated rings. The largest absolute Gasteiger partial charge is 0.484 e. The smallest absolute Gasteiger partial charge is 0.279 e. The Labute approximate surface area is 167 Å². The van der Waals surface area contributed by atoms with Crippen molar-refractivity contribution in [3.05, 3.63) is 59.4 Å². The van der Waals surface area contributed by atoms with Crippen molar-refractivity contribution in [1.29, 1.82) is 0 Å². The first kappa shape index (κ1) is 20.1. The van der Waals surface area contributed by atoms with E-state index in [-0.39, 0.29) is 18.4 Å². The molecule has 0 saturated carbocycles. The minimum Gasteiger partial charge on any atom is -0.484 e. The minimum absolute atomic E-state index is 0.114. The highest BCUT2D eigenvalue weighted by Crippen LogP contribution is 2.19. The molecule has 2 amide bonds. The van der Waals surface area contributed by atoms with E-state index in [1.807, 2.05) is 6.07 Å². The van der Waals surface area contributed by atoms with Crippen LogP contribution in [0.5, 0.6) is 5.75 Å². The number of piperazine rings is 1. The fourth-order valence-corrected chi connectivity index (χ4v) is 3.21. The fourth-order valence-electron chi connectivity index (χ4n) is 3.03. The molecule has 0 radical (unpaired) electrons. The standard InChI is InChI=1S/C20H21ClFN3O3/c21-17-6-1-2-7-18(17)23-19(26)13-24-8-10-25(11-9-24)20(27)14-28-16-5-3-4-15(22)12-16/h1-7,12H,8-11,13-14H2,(H,23,26)/p+1. The van der Waals surface area contributed by atoms with Crippen LogP contribution in [0.25, 0.3) is 0 Å². The third-order valence-electron chi connectivity index (χ3n) is 4.54. The number of hydrogen-bond donors (Lipinski definition) is 2. The van der Waals surface area contributed by atoms with Crippen molar-refractivity contribution in [3.8, 4) is 5.75 Å². The Morgan fingerprint density at radius 2 is 1.89 bits per heavy atom. The van der Waals surface area contributed by atoms with Gasteiger partial charge in [-0.05, 0) is 24.3 Å². The molecule has 2 N–H and O–H groups in total. The molecule has 148 valence electrons. The molecule has 0 spiro atoms. The first-order valence-corrected chi connectivity index (χ1v) is 9.43. The Balaban J connectivity index is 1.40. The van der Waals surface area contributed by atoms with Crippen LogP contribution in [0.2, 0.25) is 5.02 Å². The molecule has 2 aromatic carbocycles. The zero-order valence-electron chi connectivity index (χ0n) is 15.3. The zero-order chi connectivity index (χ0) is 19.9. The van der Waals surface area contributed by atoms with E-state index in [2.05, 4.69) is 5.32 Å². The lowest BCUT2D eigenvalue weighted by molar-refractivity contribution is -0.895. The molecule has 28 heavy (non-hydrogen) atoms. The average molecular weight is 407 g/mol. The summed E-state index contributed by atoms with van der Waals surface area (Å²) in [7, 11) is 0. The maximum atomic E-state index is 13.1. The van der Waals surface area contributed by atoms with Crippen LogP contribution in [0.15, 0.2) is 48.5 Å². The van der Waals surface area contributed by atoms with E-state index in [0.717, 1.165) is 4.90 Å². The molecular formula is C20H22ClFN3O3+. The van der Waals surface area contributed by atoms with Crippen LogP contribution in [0, 0.1) is 5.82 Å². The third-order valence-corrected chi connectivity index (χ3v) is 4.87. The van der Waals surface area contributed by atoms with Gasteiger partial charge in [0.1, 0.15) is 11.6 Å².